The van der Waals surface area contributed by atoms with Crippen molar-refractivity contribution in [1.29, 1.82) is 0 Å². The number of hydrogen-bond acceptors (Lipinski definition) is 4. The van der Waals surface area contributed by atoms with E-state index in [1.165, 1.54) is 32.4 Å². The number of carbonyl (C=O) groups is 2. The maximum Gasteiger partial charge on any atom is 0.219 e. The predicted octanol–water partition coefficient (Wildman–Crippen LogP) is 5.02. The largest absolute Gasteiger partial charge is 0.346 e. The van der Waals surface area contributed by atoms with Crippen molar-refractivity contribution in [1.82, 2.24) is 14.7 Å². The molecule has 0 aromatic rings. The molecule has 1 fully saturated rings. The number of likely N-dealkylation sites (tertiary alicyclic amines) is 1. The highest BCUT2D eigenvalue weighted by molar-refractivity contribution is 5.80. The quantitative estimate of drug-likeness (QED) is 0.462. The molecule has 1 aliphatic rings. The summed E-state index contributed by atoms with van der Waals surface area (Å²) in [5.74, 6) is 0.572. The SMILES string of the molecule is C.CCCN(C)C.CCCN(C)C(C)=O.CCCN1CCCCC(=O)C1.CCC[N+](C)(C)C. The van der Waals surface area contributed by atoms with E-state index in [1.807, 2.05) is 7.05 Å². The number of ketones is 1. The molecule has 1 heterocycles. The van der Waals surface area contributed by atoms with Gasteiger partial charge in [-0.05, 0) is 72.3 Å². The third-order valence-corrected chi connectivity index (χ3v) is 4.78. The van der Waals surface area contributed by atoms with E-state index in [1.54, 1.807) is 11.8 Å². The van der Waals surface area contributed by atoms with E-state index in [-0.39, 0.29) is 13.3 Å². The molecule has 6 nitrogen and oxygen atoms in total. The summed E-state index contributed by atoms with van der Waals surface area (Å²) >= 11 is 0. The van der Waals surface area contributed by atoms with Gasteiger partial charge in [0.15, 0.2) is 0 Å². The van der Waals surface area contributed by atoms with Gasteiger partial charge in [-0.15, -0.1) is 0 Å². The van der Waals surface area contributed by atoms with Gasteiger partial charge in [0.25, 0.3) is 0 Å². The van der Waals surface area contributed by atoms with E-state index >= 15 is 0 Å². The Bertz CT molecular complexity index is 434. The Hall–Kier alpha value is -0.980. The second-order valence-electron chi connectivity index (χ2n) is 10.0. The molecule has 0 bridgehead atoms. The van der Waals surface area contributed by atoms with Crippen LogP contribution in [0.4, 0.5) is 0 Å². The van der Waals surface area contributed by atoms with Gasteiger partial charge in [-0.2, -0.15) is 0 Å². The van der Waals surface area contributed by atoms with Gasteiger partial charge in [0.05, 0.1) is 34.2 Å². The standard InChI is InChI=1S/C9H17NO.C6H13NO.C6H16N.C5H13N.CH4/c1-2-6-10-7-4-3-5-9(11)8-10;1-4-5-7(3)6(2)8;1-5-6-7(2,3)4;1-4-5-6(2)3;/h2-8H2,1H3;4-5H2,1-3H3;5-6H2,1-4H3;4-5H2,1-3H3;1H4/q;;+1;;. The minimum absolute atomic E-state index is 0. The lowest BCUT2D eigenvalue weighted by Gasteiger charge is -2.22. The third kappa shape index (κ3) is 35.8. The molecule has 202 valence electrons. The van der Waals surface area contributed by atoms with Crippen molar-refractivity contribution in [2.75, 3.05) is 81.6 Å². The van der Waals surface area contributed by atoms with Crippen molar-refractivity contribution in [3.63, 3.8) is 0 Å². The smallest absolute Gasteiger partial charge is 0.219 e. The van der Waals surface area contributed by atoms with Crippen LogP contribution in [0.1, 0.15) is 87.0 Å². The average Bonchev–Trinajstić information content (AvgIpc) is 2.86. The fourth-order valence-corrected chi connectivity index (χ4v) is 3.18. The molecule has 0 saturated carbocycles. The maximum atomic E-state index is 11.1. The summed E-state index contributed by atoms with van der Waals surface area (Å²) in [7, 11) is 12.6. The van der Waals surface area contributed by atoms with Crippen LogP contribution in [0.15, 0.2) is 0 Å². The summed E-state index contributed by atoms with van der Waals surface area (Å²) in [6.07, 6.45) is 7.84. The lowest BCUT2D eigenvalue weighted by atomic mass is 10.2. The van der Waals surface area contributed by atoms with Crippen LogP contribution in [0.5, 0.6) is 0 Å². The Morgan fingerprint density at radius 1 is 0.909 bits per heavy atom. The van der Waals surface area contributed by atoms with E-state index in [9.17, 15) is 9.59 Å². The van der Waals surface area contributed by atoms with Crippen molar-refractivity contribution < 1.29 is 14.1 Å². The lowest BCUT2D eigenvalue weighted by Crippen LogP contribution is -2.34. The van der Waals surface area contributed by atoms with E-state index in [0.717, 1.165) is 49.8 Å². The molecule has 0 N–H and O–H groups in total. The Kier molecular flexibility index (Phi) is 30.5. The van der Waals surface area contributed by atoms with Crippen LogP contribution in [0.25, 0.3) is 0 Å². The molecule has 1 amide bonds. The highest BCUT2D eigenvalue weighted by Crippen LogP contribution is 2.06. The zero-order valence-electron chi connectivity index (χ0n) is 23.8. The molecule has 6 heteroatoms. The minimum atomic E-state index is 0. The highest BCUT2D eigenvalue weighted by Gasteiger charge is 2.13. The van der Waals surface area contributed by atoms with Crippen molar-refractivity contribution in [2.24, 2.45) is 0 Å². The molecule has 1 aliphatic heterocycles. The number of Topliss-reactive ketones (excluding diaryl/α,β-unsaturated/α-hetero) is 1. The van der Waals surface area contributed by atoms with Crippen LogP contribution in [0, 0.1) is 0 Å². The van der Waals surface area contributed by atoms with Gasteiger partial charge < -0.3 is 14.3 Å². The molecular formula is C27H63N4O2+. The summed E-state index contributed by atoms with van der Waals surface area (Å²) in [6.45, 7) is 16.5. The van der Waals surface area contributed by atoms with E-state index in [2.05, 4.69) is 72.7 Å². The summed E-state index contributed by atoms with van der Waals surface area (Å²) < 4.78 is 1.09. The maximum absolute atomic E-state index is 11.1. The van der Waals surface area contributed by atoms with Gasteiger partial charge in [0, 0.05) is 26.9 Å². The van der Waals surface area contributed by atoms with Crippen molar-refractivity contribution in [3.8, 4) is 0 Å². The Morgan fingerprint density at radius 3 is 1.73 bits per heavy atom. The molecule has 1 saturated heterocycles. The van der Waals surface area contributed by atoms with Gasteiger partial charge in [0.2, 0.25) is 5.91 Å². The average molecular weight is 476 g/mol. The van der Waals surface area contributed by atoms with Gasteiger partial charge >= 0.3 is 0 Å². The first-order valence-electron chi connectivity index (χ1n) is 12.7. The van der Waals surface area contributed by atoms with E-state index in [4.69, 9.17) is 0 Å². The van der Waals surface area contributed by atoms with Crippen molar-refractivity contribution in [3.05, 3.63) is 0 Å². The first-order valence-corrected chi connectivity index (χ1v) is 12.7. The molecule has 33 heavy (non-hydrogen) atoms. The Labute approximate surface area is 209 Å². The highest BCUT2D eigenvalue weighted by atomic mass is 16.2. The van der Waals surface area contributed by atoms with Gasteiger partial charge in [0.1, 0.15) is 5.78 Å². The second kappa shape index (κ2) is 25.6. The molecule has 0 radical (unpaired) electrons. The topological polar surface area (TPSA) is 43.9 Å². The summed E-state index contributed by atoms with van der Waals surface area (Å²) in [5.41, 5.74) is 0. The zero-order valence-corrected chi connectivity index (χ0v) is 23.8. The predicted molar refractivity (Wildman–Crippen MR) is 148 cm³/mol. The lowest BCUT2D eigenvalue weighted by molar-refractivity contribution is -0.870. The molecule has 0 unspecified atom stereocenters. The normalized spacial score (nSPS) is 13.8. The number of carbonyl (C=O) groups excluding carboxylic acids is 2. The number of nitrogens with zero attached hydrogens (tertiary/aromatic N) is 4. The van der Waals surface area contributed by atoms with Crippen LogP contribution < -0.4 is 0 Å². The van der Waals surface area contributed by atoms with Crippen LogP contribution in [0.3, 0.4) is 0 Å². The number of rotatable bonds is 8. The number of amides is 1. The fraction of sp³-hybridized carbons (Fsp3) is 0.926. The Balaban J connectivity index is -0.000000173. The van der Waals surface area contributed by atoms with E-state index < -0.39 is 0 Å². The first-order chi connectivity index (χ1) is 14.8. The van der Waals surface area contributed by atoms with E-state index in [0.29, 0.717) is 12.3 Å². The number of hydrogen-bond donors (Lipinski definition) is 0. The molecule has 0 aromatic carbocycles. The third-order valence-electron chi connectivity index (χ3n) is 4.78. The Morgan fingerprint density at radius 2 is 1.45 bits per heavy atom. The fourth-order valence-electron chi connectivity index (χ4n) is 3.18. The van der Waals surface area contributed by atoms with Crippen LogP contribution >= 0.6 is 0 Å². The van der Waals surface area contributed by atoms with Gasteiger partial charge in [-0.3, -0.25) is 14.5 Å². The molecule has 0 atom stereocenters. The number of quaternary nitrogens is 1. The zero-order chi connectivity index (χ0) is 25.6. The molecule has 0 aliphatic carbocycles. The summed E-state index contributed by atoms with van der Waals surface area (Å²) in [6, 6.07) is 0. The second-order valence-corrected chi connectivity index (χ2v) is 10.0. The molecule has 0 spiro atoms. The minimum Gasteiger partial charge on any atom is -0.346 e. The van der Waals surface area contributed by atoms with Gasteiger partial charge in [-0.25, -0.2) is 0 Å². The molecule has 0 aromatic heterocycles. The van der Waals surface area contributed by atoms with Crippen LogP contribution in [-0.2, 0) is 9.59 Å². The summed E-state index contributed by atoms with van der Waals surface area (Å²) in [4.78, 5) is 27.7. The van der Waals surface area contributed by atoms with Crippen molar-refractivity contribution in [2.45, 2.75) is 87.0 Å². The molecular weight excluding hydrogens is 412 g/mol. The first kappa shape index (κ1) is 39.2. The monoisotopic (exact) mass is 475 g/mol. The van der Waals surface area contributed by atoms with Crippen molar-refractivity contribution >= 4 is 11.7 Å². The van der Waals surface area contributed by atoms with Crippen LogP contribution in [0.2, 0.25) is 0 Å². The molecule has 1 rings (SSSR count). The van der Waals surface area contributed by atoms with Crippen LogP contribution in [-0.4, -0.2) is 112 Å². The summed E-state index contributed by atoms with van der Waals surface area (Å²) in [5, 5.41) is 0. The van der Waals surface area contributed by atoms with Gasteiger partial charge in [-0.1, -0.05) is 35.1 Å².